The lowest BCUT2D eigenvalue weighted by Gasteiger charge is -2.26. The zero-order valence-electron chi connectivity index (χ0n) is 17.7. The highest BCUT2D eigenvalue weighted by molar-refractivity contribution is 14.1. The van der Waals surface area contributed by atoms with Crippen LogP contribution in [0.4, 0.5) is 4.79 Å². The standard InChI is InChI=1S/C22H34IN3O3/c1-22(2,3)29-21(28)26-19-9-5-8-17(14-23)20(27)25-18(10-11-24)13-15-6-4-7-16(19)12-15/h4,6-7,12,17-19H,5,8-11,13-14,24H2,1-3H3,(H,25,27)(H,26,28)/t17-,18?,19-/m0/s1. The average molecular weight is 515 g/mol. The lowest BCUT2D eigenvalue weighted by Crippen LogP contribution is -2.42. The van der Waals surface area contributed by atoms with E-state index in [-0.39, 0.29) is 23.9 Å². The van der Waals surface area contributed by atoms with Gasteiger partial charge < -0.3 is 21.1 Å². The third kappa shape index (κ3) is 8.12. The molecule has 0 fully saturated rings. The van der Waals surface area contributed by atoms with Gasteiger partial charge in [0, 0.05) is 16.4 Å². The molecular weight excluding hydrogens is 481 g/mol. The van der Waals surface area contributed by atoms with Crippen molar-refractivity contribution in [3.8, 4) is 0 Å². The molecule has 1 unspecified atom stereocenters. The number of hydrogen-bond acceptors (Lipinski definition) is 4. The van der Waals surface area contributed by atoms with Gasteiger partial charge >= 0.3 is 6.09 Å². The van der Waals surface area contributed by atoms with Crippen LogP contribution in [-0.4, -0.2) is 34.6 Å². The number of fused-ring (bicyclic) bond motifs is 2. The van der Waals surface area contributed by atoms with Gasteiger partial charge in [-0.15, -0.1) is 0 Å². The van der Waals surface area contributed by atoms with Crippen molar-refractivity contribution in [1.82, 2.24) is 10.6 Å². The predicted octanol–water partition coefficient (Wildman–Crippen LogP) is 3.86. The second-order valence-corrected chi connectivity index (χ2v) is 9.59. The van der Waals surface area contributed by atoms with Crippen LogP contribution in [0.2, 0.25) is 0 Å². The number of benzene rings is 1. The summed E-state index contributed by atoms with van der Waals surface area (Å²) in [5.41, 5.74) is 7.43. The Hall–Kier alpha value is -1.35. The van der Waals surface area contributed by atoms with E-state index in [2.05, 4.69) is 45.4 Å². The third-order valence-electron chi connectivity index (χ3n) is 4.99. The maximum Gasteiger partial charge on any atom is 0.408 e. The van der Waals surface area contributed by atoms with Crippen LogP contribution in [0.5, 0.6) is 0 Å². The summed E-state index contributed by atoms with van der Waals surface area (Å²) in [5, 5.41) is 6.23. The van der Waals surface area contributed by atoms with Crippen molar-refractivity contribution in [3.63, 3.8) is 0 Å². The summed E-state index contributed by atoms with van der Waals surface area (Å²) in [6.45, 7) is 6.10. The fourth-order valence-corrected chi connectivity index (χ4v) is 4.43. The molecule has 1 heterocycles. The first-order valence-corrected chi connectivity index (χ1v) is 11.9. The number of ether oxygens (including phenoxy) is 1. The fourth-order valence-electron chi connectivity index (χ4n) is 3.59. The van der Waals surface area contributed by atoms with Gasteiger partial charge in [-0.25, -0.2) is 4.79 Å². The van der Waals surface area contributed by atoms with Crippen LogP contribution in [-0.2, 0) is 16.0 Å². The number of alkyl carbamates (subject to hydrolysis) is 1. The average Bonchev–Trinajstić information content (AvgIpc) is 2.62. The van der Waals surface area contributed by atoms with Crippen molar-refractivity contribution in [2.75, 3.05) is 11.0 Å². The molecule has 1 aliphatic rings. The van der Waals surface area contributed by atoms with Gasteiger partial charge in [-0.3, -0.25) is 4.79 Å². The Balaban J connectivity index is 2.27. The zero-order chi connectivity index (χ0) is 21.4. The van der Waals surface area contributed by atoms with E-state index in [9.17, 15) is 9.59 Å². The highest BCUT2D eigenvalue weighted by atomic mass is 127. The first-order chi connectivity index (χ1) is 13.7. The number of halogens is 1. The smallest absolute Gasteiger partial charge is 0.408 e. The van der Waals surface area contributed by atoms with Gasteiger partial charge in [-0.2, -0.15) is 0 Å². The summed E-state index contributed by atoms with van der Waals surface area (Å²) in [6.07, 6.45) is 3.44. The summed E-state index contributed by atoms with van der Waals surface area (Å²) in [6, 6.07) is 8.11. The Morgan fingerprint density at radius 3 is 2.76 bits per heavy atom. The Bertz CT molecular complexity index is 690. The molecule has 1 aromatic carbocycles. The number of carbonyl (C=O) groups excluding carboxylic acids is 2. The Labute approximate surface area is 187 Å². The van der Waals surface area contributed by atoms with E-state index in [4.69, 9.17) is 10.5 Å². The maximum absolute atomic E-state index is 12.7. The highest BCUT2D eigenvalue weighted by Crippen LogP contribution is 2.25. The van der Waals surface area contributed by atoms with Gasteiger partial charge in [-0.1, -0.05) is 53.3 Å². The summed E-state index contributed by atoms with van der Waals surface area (Å²) >= 11 is 2.28. The second kappa shape index (κ2) is 11.2. The minimum atomic E-state index is -0.544. The van der Waals surface area contributed by atoms with Gasteiger partial charge in [-0.05, 0) is 64.1 Å². The molecule has 1 aromatic rings. The van der Waals surface area contributed by atoms with Crippen LogP contribution in [0.15, 0.2) is 24.3 Å². The first-order valence-electron chi connectivity index (χ1n) is 10.4. The molecule has 0 saturated heterocycles. The number of carbonyl (C=O) groups is 2. The molecule has 2 amide bonds. The Morgan fingerprint density at radius 1 is 1.34 bits per heavy atom. The largest absolute Gasteiger partial charge is 0.444 e. The SMILES string of the molecule is CC(C)(C)OC(=O)N[C@H]1CCC[C@@H](CI)C(=O)NC(CCN)Cc2cccc1c2. The molecule has 29 heavy (non-hydrogen) atoms. The molecule has 162 valence electrons. The molecular formula is C22H34IN3O3. The van der Waals surface area contributed by atoms with Crippen LogP contribution < -0.4 is 16.4 Å². The zero-order valence-corrected chi connectivity index (χ0v) is 19.8. The van der Waals surface area contributed by atoms with Crippen molar-refractivity contribution < 1.29 is 14.3 Å². The van der Waals surface area contributed by atoms with Crippen molar-refractivity contribution in [2.24, 2.45) is 11.7 Å². The molecule has 0 aromatic heterocycles. The van der Waals surface area contributed by atoms with E-state index in [0.29, 0.717) is 6.54 Å². The maximum atomic E-state index is 12.7. The van der Waals surface area contributed by atoms with E-state index in [1.807, 2.05) is 32.9 Å². The van der Waals surface area contributed by atoms with Gasteiger partial charge in [0.15, 0.2) is 0 Å². The Morgan fingerprint density at radius 2 is 2.10 bits per heavy atom. The van der Waals surface area contributed by atoms with Crippen LogP contribution in [0.1, 0.15) is 63.6 Å². The molecule has 2 rings (SSSR count). The summed E-state index contributed by atoms with van der Waals surface area (Å²) in [4.78, 5) is 25.1. The molecule has 7 heteroatoms. The molecule has 4 N–H and O–H groups in total. The fraction of sp³-hybridized carbons (Fsp3) is 0.636. The van der Waals surface area contributed by atoms with E-state index in [1.165, 1.54) is 0 Å². The monoisotopic (exact) mass is 515 g/mol. The molecule has 2 bridgehead atoms. The van der Waals surface area contributed by atoms with Crippen molar-refractivity contribution >= 4 is 34.6 Å². The molecule has 0 spiro atoms. The van der Waals surface area contributed by atoms with E-state index < -0.39 is 11.7 Å². The summed E-state index contributed by atoms with van der Waals surface area (Å²) in [5.74, 6) is 0.0713. The summed E-state index contributed by atoms with van der Waals surface area (Å²) in [7, 11) is 0. The number of nitrogens with two attached hydrogens (primary N) is 1. The lowest BCUT2D eigenvalue weighted by atomic mass is 9.92. The number of rotatable bonds is 4. The van der Waals surface area contributed by atoms with Crippen molar-refractivity contribution in [3.05, 3.63) is 35.4 Å². The highest BCUT2D eigenvalue weighted by Gasteiger charge is 2.25. The normalized spacial score (nSPS) is 23.3. The van der Waals surface area contributed by atoms with Crippen LogP contribution in [0.3, 0.4) is 0 Å². The lowest BCUT2D eigenvalue weighted by molar-refractivity contribution is -0.125. The van der Waals surface area contributed by atoms with Gasteiger partial charge in [0.25, 0.3) is 0 Å². The molecule has 0 saturated carbocycles. The van der Waals surface area contributed by atoms with E-state index in [1.54, 1.807) is 0 Å². The number of nitrogens with one attached hydrogen (secondary N) is 2. The van der Waals surface area contributed by atoms with E-state index >= 15 is 0 Å². The number of amides is 2. The Kier molecular flexibility index (Phi) is 9.20. The third-order valence-corrected chi connectivity index (χ3v) is 6.05. The summed E-state index contributed by atoms with van der Waals surface area (Å²) < 4.78 is 6.24. The van der Waals surface area contributed by atoms with Crippen LogP contribution in [0, 0.1) is 5.92 Å². The minimum Gasteiger partial charge on any atom is -0.444 e. The molecule has 1 aliphatic heterocycles. The minimum absolute atomic E-state index is 0.0184. The van der Waals surface area contributed by atoms with Gasteiger partial charge in [0.1, 0.15) is 5.60 Å². The van der Waals surface area contributed by atoms with E-state index in [0.717, 1.165) is 47.7 Å². The topological polar surface area (TPSA) is 93.4 Å². The van der Waals surface area contributed by atoms with Crippen LogP contribution in [0.25, 0.3) is 0 Å². The van der Waals surface area contributed by atoms with Crippen molar-refractivity contribution in [1.29, 1.82) is 0 Å². The second-order valence-electron chi connectivity index (χ2n) is 8.71. The van der Waals surface area contributed by atoms with Gasteiger partial charge in [0.2, 0.25) is 5.91 Å². The quantitative estimate of drug-likeness (QED) is 0.420. The number of alkyl halides is 1. The van der Waals surface area contributed by atoms with Crippen LogP contribution >= 0.6 is 22.6 Å². The molecule has 6 nitrogen and oxygen atoms in total. The molecule has 0 radical (unpaired) electrons. The molecule has 0 aliphatic carbocycles. The van der Waals surface area contributed by atoms with Crippen molar-refractivity contribution in [2.45, 2.75) is 70.6 Å². The number of hydrogen-bond donors (Lipinski definition) is 3. The molecule has 3 atom stereocenters. The first kappa shape index (κ1) is 23.9. The predicted molar refractivity (Wildman–Crippen MR) is 124 cm³/mol. The van der Waals surface area contributed by atoms with Gasteiger partial charge in [0.05, 0.1) is 6.04 Å².